The van der Waals surface area contributed by atoms with Crippen molar-refractivity contribution in [3.63, 3.8) is 0 Å². The van der Waals surface area contributed by atoms with E-state index in [1.165, 1.54) is 43.3 Å². The number of rotatable bonds is 5. The molecule has 0 aliphatic heterocycles. The number of hydrogen-bond acceptors (Lipinski definition) is 6. The van der Waals surface area contributed by atoms with E-state index in [0.717, 1.165) is 0 Å². The van der Waals surface area contributed by atoms with Crippen molar-refractivity contribution in [1.29, 1.82) is 0 Å². The summed E-state index contributed by atoms with van der Waals surface area (Å²) >= 11 is 0. The molecule has 2 aromatic rings. The summed E-state index contributed by atoms with van der Waals surface area (Å²) < 4.78 is 33.9. The Morgan fingerprint density at radius 1 is 1.25 bits per heavy atom. The van der Waals surface area contributed by atoms with Crippen molar-refractivity contribution < 1.29 is 27.6 Å². The minimum Gasteiger partial charge on any atom is -0.467 e. The van der Waals surface area contributed by atoms with Crippen LogP contribution in [0.2, 0.25) is 0 Å². The number of aromatic nitrogens is 2. The predicted molar refractivity (Wildman–Crippen MR) is 78.3 cm³/mol. The zero-order valence-corrected chi connectivity index (χ0v) is 13.2. The first-order chi connectivity index (χ1) is 11.3. The Morgan fingerprint density at radius 3 is 2.38 bits per heavy atom. The molecule has 0 bridgehead atoms. The van der Waals surface area contributed by atoms with Gasteiger partial charge in [0.25, 0.3) is 11.8 Å². The molecule has 24 heavy (non-hydrogen) atoms. The van der Waals surface area contributed by atoms with Crippen molar-refractivity contribution in [1.82, 2.24) is 15.0 Å². The molecule has 0 aliphatic carbocycles. The summed E-state index contributed by atoms with van der Waals surface area (Å²) in [7, 11) is 2.72. The Hall–Kier alpha value is -2.84. The van der Waals surface area contributed by atoms with Crippen LogP contribution in [-0.2, 0) is 9.53 Å². The third kappa shape index (κ3) is 3.55. The molecule has 7 nitrogen and oxygen atoms in total. The lowest BCUT2D eigenvalue weighted by Crippen LogP contribution is -2.40. The molecule has 0 fully saturated rings. The van der Waals surface area contributed by atoms with Crippen LogP contribution in [-0.4, -0.2) is 47.1 Å². The number of esters is 1. The number of carbonyl (C=O) groups excluding carboxylic acids is 2. The molecule has 0 radical (unpaired) electrons. The van der Waals surface area contributed by atoms with Gasteiger partial charge in [0.15, 0.2) is 0 Å². The number of amides is 1. The molecule has 1 atom stereocenters. The van der Waals surface area contributed by atoms with E-state index in [2.05, 4.69) is 19.4 Å². The molecule has 9 heteroatoms. The number of halogens is 2. The van der Waals surface area contributed by atoms with Crippen LogP contribution in [0.25, 0.3) is 11.4 Å². The number of ether oxygens (including phenoxy) is 1. The second kappa shape index (κ2) is 7.16. The van der Waals surface area contributed by atoms with Crippen LogP contribution in [0.15, 0.2) is 28.8 Å². The molecule has 0 unspecified atom stereocenters. The van der Waals surface area contributed by atoms with Gasteiger partial charge in [-0.2, -0.15) is 13.8 Å². The van der Waals surface area contributed by atoms with Gasteiger partial charge in [-0.1, -0.05) is 17.3 Å². The van der Waals surface area contributed by atoms with Crippen molar-refractivity contribution in [3.05, 3.63) is 35.7 Å². The highest BCUT2D eigenvalue weighted by molar-refractivity contribution is 5.96. The molecule has 0 saturated carbocycles. The summed E-state index contributed by atoms with van der Waals surface area (Å²) in [5, 5.41) is 3.46. The summed E-state index contributed by atoms with van der Waals surface area (Å²) in [6.45, 7) is 1.54. The fraction of sp³-hybridized carbons (Fsp3) is 0.333. The van der Waals surface area contributed by atoms with Gasteiger partial charge in [-0.25, -0.2) is 4.79 Å². The van der Waals surface area contributed by atoms with Crippen LogP contribution in [0.1, 0.15) is 29.6 Å². The van der Waals surface area contributed by atoms with E-state index in [1.54, 1.807) is 6.92 Å². The molecular weight excluding hydrogens is 324 g/mol. The van der Waals surface area contributed by atoms with Gasteiger partial charge in [0, 0.05) is 18.2 Å². The number of likely N-dealkylation sites (N-methyl/N-ethyl adjacent to an activating group) is 1. The van der Waals surface area contributed by atoms with E-state index in [9.17, 15) is 18.4 Å². The maximum atomic E-state index is 12.4. The Bertz CT molecular complexity index is 731. The molecule has 0 saturated heterocycles. The zero-order chi connectivity index (χ0) is 17.9. The summed E-state index contributed by atoms with van der Waals surface area (Å²) in [4.78, 5) is 28.6. The van der Waals surface area contributed by atoms with E-state index in [0.29, 0.717) is 11.1 Å². The summed E-state index contributed by atoms with van der Waals surface area (Å²) in [5.74, 6) is -1.69. The van der Waals surface area contributed by atoms with Gasteiger partial charge in [0.05, 0.1) is 7.11 Å². The molecule has 0 aliphatic rings. The SMILES string of the molecule is COC(=O)[C@H](C)N(C)C(=O)c1ccc(-c2noc(C(F)F)n2)cc1. The van der Waals surface area contributed by atoms with Gasteiger partial charge in [-0.05, 0) is 19.1 Å². The van der Waals surface area contributed by atoms with Crippen molar-refractivity contribution in [2.24, 2.45) is 0 Å². The standard InChI is InChI=1S/C15H15F2N3O4/c1-8(15(22)23-3)20(2)14(21)10-6-4-9(5-7-10)12-18-13(11(16)17)24-19-12/h4-8,11H,1-3H3/t8-/m0/s1. The fourth-order valence-electron chi connectivity index (χ4n) is 1.91. The predicted octanol–water partition coefficient (Wildman–Crippen LogP) is 2.31. The molecular formula is C15H15F2N3O4. The first kappa shape index (κ1) is 17.5. The number of benzene rings is 1. The Balaban J connectivity index is 2.16. The lowest BCUT2D eigenvalue weighted by molar-refractivity contribution is -0.144. The number of alkyl halides is 2. The van der Waals surface area contributed by atoms with Gasteiger partial charge in [0.1, 0.15) is 6.04 Å². The largest absolute Gasteiger partial charge is 0.467 e. The van der Waals surface area contributed by atoms with Gasteiger partial charge in [-0.3, -0.25) is 4.79 Å². The van der Waals surface area contributed by atoms with Crippen LogP contribution in [0.4, 0.5) is 8.78 Å². The second-order valence-electron chi connectivity index (χ2n) is 4.95. The van der Waals surface area contributed by atoms with Crippen LogP contribution in [0.5, 0.6) is 0 Å². The van der Waals surface area contributed by atoms with Crippen LogP contribution < -0.4 is 0 Å². The molecule has 2 rings (SSSR count). The summed E-state index contributed by atoms with van der Waals surface area (Å²) in [5.41, 5.74) is 0.737. The average molecular weight is 339 g/mol. The Labute approximate surface area is 136 Å². The maximum absolute atomic E-state index is 12.4. The van der Waals surface area contributed by atoms with Gasteiger partial charge in [-0.15, -0.1) is 0 Å². The van der Waals surface area contributed by atoms with E-state index in [1.807, 2.05) is 0 Å². The highest BCUT2D eigenvalue weighted by atomic mass is 19.3. The van der Waals surface area contributed by atoms with E-state index in [-0.39, 0.29) is 11.7 Å². The average Bonchev–Trinajstić information content (AvgIpc) is 3.09. The number of hydrogen-bond donors (Lipinski definition) is 0. The third-order valence-electron chi connectivity index (χ3n) is 3.46. The molecule has 1 aromatic carbocycles. The minimum absolute atomic E-state index is 0.000539. The highest BCUT2D eigenvalue weighted by Crippen LogP contribution is 2.22. The number of nitrogens with zero attached hydrogens (tertiary/aromatic N) is 3. The summed E-state index contributed by atoms with van der Waals surface area (Å²) in [6.07, 6.45) is -2.85. The zero-order valence-electron chi connectivity index (χ0n) is 13.2. The third-order valence-corrected chi connectivity index (χ3v) is 3.46. The fourth-order valence-corrected chi connectivity index (χ4v) is 1.91. The van der Waals surface area contributed by atoms with Gasteiger partial charge in [0.2, 0.25) is 5.82 Å². The van der Waals surface area contributed by atoms with E-state index >= 15 is 0 Å². The van der Waals surface area contributed by atoms with E-state index < -0.39 is 24.3 Å². The Kier molecular flexibility index (Phi) is 5.22. The van der Waals surface area contributed by atoms with Crippen LogP contribution in [0.3, 0.4) is 0 Å². The highest BCUT2D eigenvalue weighted by Gasteiger charge is 2.24. The molecule has 1 heterocycles. The number of carbonyl (C=O) groups is 2. The molecule has 0 N–H and O–H groups in total. The smallest absolute Gasteiger partial charge is 0.328 e. The van der Waals surface area contributed by atoms with Gasteiger partial charge < -0.3 is 14.2 Å². The van der Waals surface area contributed by atoms with Crippen molar-refractivity contribution in [2.75, 3.05) is 14.2 Å². The number of methoxy groups -OCH3 is 1. The van der Waals surface area contributed by atoms with Crippen molar-refractivity contribution >= 4 is 11.9 Å². The van der Waals surface area contributed by atoms with Crippen LogP contribution in [0, 0.1) is 0 Å². The molecule has 128 valence electrons. The summed E-state index contributed by atoms with van der Waals surface area (Å²) in [6, 6.07) is 5.23. The van der Waals surface area contributed by atoms with E-state index in [4.69, 9.17) is 0 Å². The van der Waals surface area contributed by atoms with Crippen LogP contribution >= 0.6 is 0 Å². The lowest BCUT2D eigenvalue weighted by atomic mass is 10.1. The second-order valence-corrected chi connectivity index (χ2v) is 4.95. The Morgan fingerprint density at radius 2 is 1.88 bits per heavy atom. The molecule has 0 spiro atoms. The first-order valence-corrected chi connectivity index (χ1v) is 6.92. The van der Waals surface area contributed by atoms with Crippen molar-refractivity contribution in [3.8, 4) is 11.4 Å². The van der Waals surface area contributed by atoms with Gasteiger partial charge >= 0.3 is 12.4 Å². The lowest BCUT2D eigenvalue weighted by Gasteiger charge is -2.22. The molecule has 1 amide bonds. The normalized spacial score (nSPS) is 12.1. The quantitative estimate of drug-likeness (QED) is 0.777. The monoisotopic (exact) mass is 339 g/mol. The van der Waals surface area contributed by atoms with Crippen molar-refractivity contribution in [2.45, 2.75) is 19.4 Å². The topological polar surface area (TPSA) is 85.5 Å². The minimum atomic E-state index is -2.85. The molecule has 1 aromatic heterocycles. The first-order valence-electron chi connectivity index (χ1n) is 6.92. The maximum Gasteiger partial charge on any atom is 0.328 e.